The molecule has 0 aliphatic heterocycles. The molecule has 0 aliphatic carbocycles. The summed E-state index contributed by atoms with van der Waals surface area (Å²) in [5.74, 6) is -0.564. The molecule has 0 saturated heterocycles. The number of hydrogen-bond donors (Lipinski definition) is 3. The number of esters is 4. The molecule has 103 heavy (non-hydrogen) atoms. The van der Waals surface area contributed by atoms with E-state index in [0.29, 0.717) is 25.7 Å². The molecule has 0 amide bonds. The van der Waals surface area contributed by atoms with Gasteiger partial charge in [-0.05, 0) is 63.2 Å². The van der Waals surface area contributed by atoms with E-state index >= 15 is 0 Å². The molecular formula is C84H160O17P2. The lowest BCUT2D eigenvalue weighted by Gasteiger charge is -2.21. The Balaban J connectivity index is 5.28. The van der Waals surface area contributed by atoms with Gasteiger partial charge in [-0.1, -0.05) is 368 Å². The number of phosphoric acid groups is 2. The number of unbranched alkanes of at least 4 members (excludes halogenated alkanes) is 47. The van der Waals surface area contributed by atoms with E-state index in [1.54, 1.807) is 0 Å². The van der Waals surface area contributed by atoms with Crippen molar-refractivity contribution in [2.24, 2.45) is 11.8 Å². The summed E-state index contributed by atoms with van der Waals surface area (Å²) in [5.41, 5.74) is 0. The van der Waals surface area contributed by atoms with Gasteiger partial charge >= 0.3 is 39.5 Å². The zero-order valence-electron chi connectivity index (χ0n) is 67.1. The molecule has 6 atom stereocenters. The van der Waals surface area contributed by atoms with E-state index in [4.69, 9.17) is 37.0 Å². The monoisotopic (exact) mass is 1500 g/mol. The van der Waals surface area contributed by atoms with E-state index in [1.165, 1.54) is 218 Å². The Morgan fingerprint density at radius 2 is 0.573 bits per heavy atom. The van der Waals surface area contributed by atoms with Gasteiger partial charge in [-0.15, -0.1) is 0 Å². The fraction of sp³-hybridized carbons (Fsp3) is 0.905. The Bertz CT molecular complexity index is 2070. The van der Waals surface area contributed by atoms with Crippen LogP contribution in [0.25, 0.3) is 0 Å². The summed E-state index contributed by atoms with van der Waals surface area (Å²) in [7, 11) is -9.94. The van der Waals surface area contributed by atoms with Crippen LogP contribution in [0, 0.1) is 11.8 Å². The lowest BCUT2D eigenvalue weighted by molar-refractivity contribution is -0.161. The molecule has 608 valence electrons. The fourth-order valence-corrected chi connectivity index (χ4v) is 14.1. The van der Waals surface area contributed by atoms with Crippen LogP contribution < -0.4 is 0 Å². The highest BCUT2D eigenvalue weighted by Crippen LogP contribution is 2.45. The van der Waals surface area contributed by atoms with Gasteiger partial charge in [0.1, 0.15) is 19.3 Å². The molecule has 0 heterocycles. The predicted octanol–water partition coefficient (Wildman–Crippen LogP) is 25.0. The first-order chi connectivity index (χ1) is 49.9. The summed E-state index contributed by atoms with van der Waals surface area (Å²) in [6.45, 7) is 9.61. The van der Waals surface area contributed by atoms with Crippen LogP contribution in [-0.4, -0.2) is 96.7 Å². The highest BCUT2D eigenvalue weighted by molar-refractivity contribution is 7.47. The maximum Gasteiger partial charge on any atom is 0.472 e. The molecule has 17 nitrogen and oxygen atoms in total. The number of ether oxygens (including phenoxy) is 4. The van der Waals surface area contributed by atoms with Crippen molar-refractivity contribution < 1.29 is 80.2 Å². The molecule has 0 fully saturated rings. The number of hydrogen-bond acceptors (Lipinski definition) is 15. The Morgan fingerprint density at radius 1 is 0.320 bits per heavy atom. The van der Waals surface area contributed by atoms with E-state index < -0.39 is 97.5 Å². The molecule has 0 spiro atoms. The number of carbonyl (C=O) groups excluding carboxylic acids is 4. The normalized spacial score (nSPS) is 14.3. The van der Waals surface area contributed by atoms with Gasteiger partial charge in [0.15, 0.2) is 12.2 Å². The highest BCUT2D eigenvalue weighted by Gasteiger charge is 2.30. The number of aliphatic hydroxyl groups is 1. The minimum absolute atomic E-state index is 0.0847. The lowest BCUT2D eigenvalue weighted by Crippen LogP contribution is -2.30. The van der Waals surface area contributed by atoms with Gasteiger partial charge in [-0.25, -0.2) is 9.13 Å². The molecule has 0 aromatic rings. The first kappa shape index (κ1) is 101. The second-order valence-electron chi connectivity index (χ2n) is 30.3. The quantitative estimate of drug-likeness (QED) is 0.0169. The summed E-state index contributed by atoms with van der Waals surface area (Å²) in [4.78, 5) is 73.1. The zero-order chi connectivity index (χ0) is 75.6. The summed E-state index contributed by atoms with van der Waals surface area (Å²) < 4.78 is 68.8. The summed E-state index contributed by atoms with van der Waals surface area (Å²) in [6.07, 6.45) is 68.8. The Kier molecular flexibility index (Phi) is 73.2. The van der Waals surface area contributed by atoms with Crippen LogP contribution in [0.2, 0.25) is 0 Å². The second-order valence-corrected chi connectivity index (χ2v) is 33.2. The Labute approximate surface area is 631 Å². The van der Waals surface area contributed by atoms with Crippen molar-refractivity contribution in [1.29, 1.82) is 0 Å². The topological polar surface area (TPSA) is 237 Å². The standard InChI is InChI=1S/C84H160O17P2/c1-7-10-12-14-16-18-20-22-24-25-26-27-29-35-39-43-51-57-63-69-83(88)100-79(72-94-81(86)66-60-54-48-41-37-33-31-30-32-36-40-47-53-59-65-77(6)9-3)74-98-102(90,91)96-70-78(85)71-97-103(92,93)99-75-80(73-95-82(87)67-61-55-49-45-44-46-52-58-64-76(4)5)101-84(89)68-62-56-50-42-38-34-28-23-21-19-17-15-13-11-8-2/h19,21,23,28,76-80,85H,7-18,20,22,24-27,29-75H2,1-6H3,(H,90,91)(H,92,93)/b21-19-,28-23-/t77?,78-,79-,80-/m1/s1. The third kappa shape index (κ3) is 76.1. The van der Waals surface area contributed by atoms with Crippen LogP contribution >= 0.6 is 15.6 Å². The third-order valence-electron chi connectivity index (χ3n) is 19.4. The molecule has 0 radical (unpaired) electrons. The van der Waals surface area contributed by atoms with Crippen LogP contribution in [-0.2, 0) is 65.4 Å². The van der Waals surface area contributed by atoms with Crippen LogP contribution in [0.1, 0.15) is 420 Å². The van der Waals surface area contributed by atoms with E-state index in [2.05, 4.69) is 65.8 Å². The maximum atomic E-state index is 13.1. The molecule has 0 rings (SSSR count). The van der Waals surface area contributed by atoms with Crippen molar-refractivity contribution in [2.45, 2.75) is 439 Å². The second kappa shape index (κ2) is 75.0. The Morgan fingerprint density at radius 3 is 0.874 bits per heavy atom. The number of carbonyl (C=O) groups is 4. The zero-order valence-corrected chi connectivity index (χ0v) is 68.9. The molecule has 0 saturated carbocycles. The van der Waals surface area contributed by atoms with Crippen molar-refractivity contribution in [1.82, 2.24) is 0 Å². The third-order valence-corrected chi connectivity index (χ3v) is 21.3. The van der Waals surface area contributed by atoms with Gasteiger partial charge in [0.05, 0.1) is 26.4 Å². The van der Waals surface area contributed by atoms with E-state index in [0.717, 1.165) is 121 Å². The fourth-order valence-electron chi connectivity index (χ4n) is 12.5. The molecule has 3 unspecified atom stereocenters. The highest BCUT2D eigenvalue weighted by atomic mass is 31.2. The van der Waals surface area contributed by atoms with Crippen molar-refractivity contribution in [3.8, 4) is 0 Å². The van der Waals surface area contributed by atoms with Gasteiger partial charge in [0, 0.05) is 25.7 Å². The van der Waals surface area contributed by atoms with Gasteiger partial charge in [-0.2, -0.15) is 0 Å². The van der Waals surface area contributed by atoms with Gasteiger partial charge in [0.25, 0.3) is 0 Å². The van der Waals surface area contributed by atoms with Crippen molar-refractivity contribution in [2.75, 3.05) is 39.6 Å². The van der Waals surface area contributed by atoms with Crippen LogP contribution in [0.4, 0.5) is 0 Å². The molecule has 0 aliphatic rings. The molecule has 0 aromatic carbocycles. The molecule has 3 N–H and O–H groups in total. The number of allylic oxidation sites excluding steroid dienone is 4. The van der Waals surface area contributed by atoms with Crippen LogP contribution in [0.15, 0.2) is 24.3 Å². The first-order valence-corrected chi connectivity index (χ1v) is 45.8. The molecule has 0 bridgehead atoms. The Hall–Kier alpha value is -2.46. The van der Waals surface area contributed by atoms with Crippen LogP contribution in [0.5, 0.6) is 0 Å². The average molecular weight is 1500 g/mol. The van der Waals surface area contributed by atoms with Crippen molar-refractivity contribution >= 4 is 39.5 Å². The van der Waals surface area contributed by atoms with Gasteiger partial charge < -0.3 is 33.8 Å². The first-order valence-electron chi connectivity index (χ1n) is 42.8. The van der Waals surface area contributed by atoms with Gasteiger partial charge in [-0.3, -0.25) is 37.3 Å². The molecule has 19 heteroatoms. The van der Waals surface area contributed by atoms with E-state index in [9.17, 15) is 43.2 Å². The van der Waals surface area contributed by atoms with E-state index in [1.807, 2.05) is 0 Å². The summed E-state index contributed by atoms with van der Waals surface area (Å²) in [6, 6.07) is 0. The predicted molar refractivity (Wildman–Crippen MR) is 423 cm³/mol. The number of rotatable bonds is 81. The SMILES string of the molecule is CCCCCC/C=C\C=C/CCCCCCCC(=O)O[C@H](COC(=O)CCCCCCCCCCC(C)C)COP(=O)(O)OC[C@H](O)COP(=O)(O)OC[C@@H](COC(=O)CCCCCCCCCCCCCCCCC(C)CC)OC(=O)CCCCCCCCCCCCCCCCCCCCC. The van der Waals surface area contributed by atoms with E-state index in [-0.39, 0.29) is 25.7 Å². The van der Waals surface area contributed by atoms with Gasteiger partial charge in [0.2, 0.25) is 0 Å². The smallest absolute Gasteiger partial charge is 0.462 e. The number of aliphatic hydroxyl groups excluding tert-OH is 1. The minimum atomic E-state index is -4.97. The largest absolute Gasteiger partial charge is 0.472 e. The summed E-state index contributed by atoms with van der Waals surface area (Å²) in [5, 5.41) is 10.7. The minimum Gasteiger partial charge on any atom is -0.462 e. The van der Waals surface area contributed by atoms with Crippen molar-refractivity contribution in [3.63, 3.8) is 0 Å². The molecule has 0 aromatic heterocycles. The number of phosphoric ester groups is 2. The van der Waals surface area contributed by atoms with Crippen molar-refractivity contribution in [3.05, 3.63) is 24.3 Å². The summed E-state index contributed by atoms with van der Waals surface area (Å²) >= 11 is 0. The lowest BCUT2D eigenvalue weighted by atomic mass is 9.99. The molecular weight excluding hydrogens is 1340 g/mol. The average Bonchev–Trinajstić information content (AvgIpc) is 1.04. The van der Waals surface area contributed by atoms with Crippen LogP contribution in [0.3, 0.4) is 0 Å². The maximum absolute atomic E-state index is 13.1.